The first-order chi connectivity index (χ1) is 9.22. The second kappa shape index (κ2) is 9.28. The van der Waals surface area contributed by atoms with Gasteiger partial charge in [-0.3, -0.25) is 9.69 Å². The number of hydrogen-bond acceptors (Lipinski definition) is 4. The van der Waals surface area contributed by atoms with Gasteiger partial charge < -0.3 is 14.8 Å². The van der Waals surface area contributed by atoms with E-state index in [4.69, 9.17) is 9.47 Å². The molecule has 0 aromatic rings. The Labute approximate surface area is 116 Å². The van der Waals surface area contributed by atoms with Gasteiger partial charge in [-0.05, 0) is 5.92 Å². The molecule has 0 aliphatic carbocycles. The molecule has 112 valence electrons. The normalized spacial score (nSPS) is 18.5. The van der Waals surface area contributed by atoms with E-state index in [1.807, 2.05) is 0 Å². The van der Waals surface area contributed by atoms with Crippen molar-refractivity contribution in [3.63, 3.8) is 0 Å². The Kier molecular flexibility index (Phi) is 8.02. The van der Waals surface area contributed by atoms with Crippen LogP contribution in [-0.4, -0.2) is 63.4 Å². The minimum absolute atomic E-state index is 0.0354. The fourth-order valence-electron chi connectivity index (χ4n) is 2.74. The summed E-state index contributed by atoms with van der Waals surface area (Å²) in [6.07, 6.45) is 2.28. The zero-order valence-corrected chi connectivity index (χ0v) is 12.5. The van der Waals surface area contributed by atoms with Gasteiger partial charge in [-0.2, -0.15) is 0 Å². The molecule has 1 saturated heterocycles. The lowest BCUT2D eigenvalue weighted by Gasteiger charge is -2.38. The predicted octanol–water partition coefficient (Wildman–Crippen LogP) is 0.886. The van der Waals surface area contributed by atoms with Crippen LogP contribution in [0.3, 0.4) is 0 Å². The Balaban J connectivity index is 2.55. The van der Waals surface area contributed by atoms with E-state index in [1.165, 1.54) is 0 Å². The number of carbonyl (C=O) groups is 1. The number of carbonyl (C=O) groups excluding carboxylic acids is 1. The van der Waals surface area contributed by atoms with Crippen LogP contribution in [0, 0.1) is 5.92 Å². The van der Waals surface area contributed by atoms with E-state index in [9.17, 15) is 4.79 Å². The van der Waals surface area contributed by atoms with E-state index in [1.54, 1.807) is 7.11 Å². The average molecular weight is 272 g/mol. The largest absolute Gasteiger partial charge is 0.379 e. The highest BCUT2D eigenvalue weighted by Gasteiger charge is 2.27. The van der Waals surface area contributed by atoms with Crippen molar-refractivity contribution in [2.75, 3.05) is 46.6 Å². The fraction of sp³-hybridized carbons (Fsp3) is 0.929. The molecule has 0 aromatic carbocycles. The van der Waals surface area contributed by atoms with Gasteiger partial charge in [0.05, 0.1) is 13.2 Å². The summed E-state index contributed by atoms with van der Waals surface area (Å²) in [6, 6.07) is 0.403. The van der Waals surface area contributed by atoms with E-state index in [0.29, 0.717) is 18.5 Å². The lowest BCUT2D eigenvalue weighted by molar-refractivity contribution is -0.125. The molecule has 0 radical (unpaired) electrons. The topological polar surface area (TPSA) is 50.8 Å². The van der Waals surface area contributed by atoms with Crippen LogP contribution in [-0.2, 0) is 14.3 Å². The number of ether oxygens (including phenoxy) is 2. The van der Waals surface area contributed by atoms with E-state index in [0.717, 1.165) is 39.1 Å². The van der Waals surface area contributed by atoms with Crippen molar-refractivity contribution in [2.45, 2.75) is 32.7 Å². The van der Waals surface area contributed by atoms with E-state index in [2.05, 4.69) is 24.1 Å². The molecule has 0 saturated carbocycles. The Morgan fingerprint density at radius 1 is 1.32 bits per heavy atom. The molecule has 1 aliphatic rings. The van der Waals surface area contributed by atoms with Gasteiger partial charge >= 0.3 is 0 Å². The Morgan fingerprint density at radius 3 is 2.47 bits per heavy atom. The third kappa shape index (κ3) is 5.47. The molecule has 1 heterocycles. The lowest BCUT2D eigenvalue weighted by Crippen LogP contribution is -2.52. The zero-order chi connectivity index (χ0) is 14.1. The van der Waals surface area contributed by atoms with Crippen LogP contribution < -0.4 is 5.32 Å². The van der Waals surface area contributed by atoms with Gasteiger partial charge in [0.25, 0.3) is 0 Å². The first-order valence-corrected chi connectivity index (χ1v) is 7.30. The quantitative estimate of drug-likeness (QED) is 0.713. The third-order valence-electron chi connectivity index (χ3n) is 3.89. The molecule has 0 aromatic heterocycles. The van der Waals surface area contributed by atoms with Crippen LogP contribution in [0.5, 0.6) is 0 Å². The molecule has 5 heteroatoms. The third-order valence-corrected chi connectivity index (χ3v) is 3.89. The summed E-state index contributed by atoms with van der Waals surface area (Å²) in [5.41, 5.74) is 0. The minimum atomic E-state index is -0.0354. The van der Waals surface area contributed by atoms with Crippen LogP contribution in [0.2, 0.25) is 0 Å². The Bertz CT molecular complexity index is 251. The molecule has 1 amide bonds. The van der Waals surface area contributed by atoms with Gasteiger partial charge in [0.2, 0.25) is 5.91 Å². The van der Waals surface area contributed by atoms with Gasteiger partial charge in [-0.1, -0.05) is 26.7 Å². The van der Waals surface area contributed by atoms with Gasteiger partial charge in [0, 0.05) is 32.8 Å². The lowest BCUT2D eigenvalue weighted by atomic mass is 9.92. The molecule has 1 aliphatic heterocycles. The smallest absolute Gasteiger partial charge is 0.246 e. The van der Waals surface area contributed by atoms with Crippen molar-refractivity contribution in [3.8, 4) is 0 Å². The number of amides is 1. The van der Waals surface area contributed by atoms with Crippen LogP contribution >= 0.6 is 0 Å². The van der Waals surface area contributed by atoms with Crippen LogP contribution in [0.15, 0.2) is 0 Å². The molecule has 1 unspecified atom stereocenters. The van der Waals surface area contributed by atoms with Crippen molar-refractivity contribution in [3.05, 3.63) is 0 Å². The molecular formula is C14H28N2O3. The standard InChI is InChI=1S/C14H28N2O3/c1-4-12(5-2)13(10-15-14(17)11-18-3)16-6-8-19-9-7-16/h12-13H,4-11H2,1-3H3,(H,15,17). The fourth-order valence-corrected chi connectivity index (χ4v) is 2.74. The van der Waals surface area contributed by atoms with Gasteiger partial charge in [0.1, 0.15) is 6.61 Å². The van der Waals surface area contributed by atoms with Crippen LogP contribution in [0.25, 0.3) is 0 Å². The summed E-state index contributed by atoms with van der Waals surface area (Å²) in [4.78, 5) is 14.0. The van der Waals surface area contributed by atoms with E-state index < -0.39 is 0 Å². The van der Waals surface area contributed by atoms with Crippen LogP contribution in [0.1, 0.15) is 26.7 Å². The van der Waals surface area contributed by atoms with Crippen molar-refractivity contribution in [1.82, 2.24) is 10.2 Å². The van der Waals surface area contributed by atoms with E-state index >= 15 is 0 Å². The molecule has 1 fully saturated rings. The summed E-state index contributed by atoms with van der Waals surface area (Å²) in [5, 5.41) is 2.98. The molecule has 19 heavy (non-hydrogen) atoms. The highest BCUT2D eigenvalue weighted by atomic mass is 16.5. The van der Waals surface area contributed by atoms with Crippen molar-refractivity contribution < 1.29 is 14.3 Å². The number of hydrogen-bond donors (Lipinski definition) is 1. The van der Waals surface area contributed by atoms with Crippen molar-refractivity contribution >= 4 is 5.91 Å². The zero-order valence-electron chi connectivity index (χ0n) is 12.5. The number of nitrogens with one attached hydrogen (secondary N) is 1. The molecule has 0 bridgehead atoms. The number of nitrogens with zero attached hydrogens (tertiary/aromatic N) is 1. The van der Waals surface area contributed by atoms with Gasteiger partial charge in [0.15, 0.2) is 0 Å². The molecule has 0 spiro atoms. The summed E-state index contributed by atoms with van der Waals surface area (Å²) < 4.78 is 10.3. The molecule has 5 nitrogen and oxygen atoms in total. The molecule has 1 N–H and O–H groups in total. The highest BCUT2D eigenvalue weighted by Crippen LogP contribution is 2.19. The molecule has 1 rings (SSSR count). The van der Waals surface area contributed by atoms with E-state index in [-0.39, 0.29) is 12.5 Å². The maximum Gasteiger partial charge on any atom is 0.246 e. The summed E-state index contributed by atoms with van der Waals surface area (Å²) >= 11 is 0. The Hall–Kier alpha value is -0.650. The van der Waals surface area contributed by atoms with Crippen LogP contribution in [0.4, 0.5) is 0 Å². The highest BCUT2D eigenvalue weighted by molar-refractivity contribution is 5.77. The molecular weight excluding hydrogens is 244 g/mol. The summed E-state index contributed by atoms with van der Waals surface area (Å²) in [5.74, 6) is 0.577. The minimum Gasteiger partial charge on any atom is -0.379 e. The van der Waals surface area contributed by atoms with Gasteiger partial charge in [-0.15, -0.1) is 0 Å². The average Bonchev–Trinajstić information content (AvgIpc) is 2.44. The second-order valence-corrected chi connectivity index (χ2v) is 5.03. The first-order valence-electron chi connectivity index (χ1n) is 7.30. The predicted molar refractivity (Wildman–Crippen MR) is 75.1 cm³/mol. The second-order valence-electron chi connectivity index (χ2n) is 5.03. The number of morpholine rings is 1. The van der Waals surface area contributed by atoms with Crippen molar-refractivity contribution in [2.24, 2.45) is 5.92 Å². The van der Waals surface area contributed by atoms with Crippen molar-refractivity contribution in [1.29, 1.82) is 0 Å². The summed E-state index contributed by atoms with van der Waals surface area (Å²) in [7, 11) is 1.54. The number of rotatable bonds is 8. The Morgan fingerprint density at radius 2 is 1.95 bits per heavy atom. The maximum absolute atomic E-state index is 11.6. The maximum atomic E-state index is 11.6. The summed E-state index contributed by atoms with van der Waals surface area (Å²) in [6.45, 7) is 8.79. The number of methoxy groups -OCH3 is 1. The monoisotopic (exact) mass is 272 g/mol. The van der Waals surface area contributed by atoms with Gasteiger partial charge in [-0.25, -0.2) is 0 Å². The first kappa shape index (κ1) is 16.4. The SMILES string of the molecule is CCC(CC)C(CNC(=O)COC)N1CCOCC1. The molecule has 1 atom stereocenters.